The molecule has 0 atom stereocenters. The Kier molecular flexibility index (Phi) is 4.37. The fourth-order valence-electron chi connectivity index (χ4n) is 2.36. The summed E-state index contributed by atoms with van der Waals surface area (Å²) >= 11 is 0. The quantitative estimate of drug-likeness (QED) is 0.518. The topological polar surface area (TPSA) is 98.7 Å². The number of nitrogens with zero attached hydrogens (tertiary/aromatic N) is 2. The van der Waals surface area contributed by atoms with Gasteiger partial charge in [-0.2, -0.15) is 0 Å². The second-order valence-electron chi connectivity index (χ2n) is 4.90. The summed E-state index contributed by atoms with van der Waals surface area (Å²) in [6.45, 7) is 1.09. The molecule has 2 N–H and O–H groups in total. The second-order valence-corrected chi connectivity index (χ2v) is 4.90. The molecule has 21 heavy (non-hydrogen) atoms. The lowest BCUT2D eigenvalue weighted by Gasteiger charge is -2.31. The standard InChI is InChI=1S/C13H16FN3O4/c1-16(9-2-4-21-5-3-9)13(18)10-6-8(14)7-11(12(10)15)17(19)20/h6-7,9H,2-5,15H2,1H3. The number of carbonyl (C=O) groups excluding carboxylic acids is 1. The van der Waals surface area contributed by atoms with Crippen molar-refractivity contribution in [2.24, 2.45) is 0 Å². The summed E-state index contributed by atoms with van der Waals surface area (Å²) in [6.07, 6.45) is 1.33. The van der Waals surface area contributed by atoms with Crippen LogP contribution in [0.1, 0.15) is 23.2 Å². The summed E-state index contributed by atoms with van der Waals surface area (Å²) in [5.41, 5.74) is 4.54. The molecule has 0 unspecified atom stereocenters. The van der Waals surface area contributed by atoms with E-state index in [0.717, 1.165) is 6.07 Å². The average molecular weight is 297 g/mol. The van der Waals surface area contributed by atoms with E-state index in [1.54, 1.807) is 7.05 Å². The van der Waals surface area contributed by atoms with Crippen LogP contribution in [0.4, 0.5) is 15.8 Å². The molecule has 7 nitrogen and oxygen atoms in total. The molecular weight excluding hydrogens is 281 g/mol. The van der Waals surface area contributed by atoms with Gasteiger partial charge in [0, 0.05) is 26.3 Å². The molecule has 1 heterocycles. The van der Waals surface area contributed by atoms with Gasteiger partial charge in [0.2, 0.25) is 0 Å². The fraction of sp³-hybridized carbons (Fsp3) is 0.462. The normalized spacial score (nSPS) is 15.7. The molecule has 0 spiro atoms. The molecule has 0 aliphatic carbocycles. The van der Waals surface area contributed by atoms with Crippen LogP contribution >= 0.6 is 0 Å². The Morgan fingerprint density at radius 1 is 1.48 bits per heavy atom. The first-order chi connectivity index (χ1) is 9.91. The van der Waals surface area contributed by atoms with Crippen molar-refractivity contribution in [3.05, 3.63) is 33.6 Å². The first-order valence-corrected chi connectivity index (χ1v) is 6.50. The van der Waals surface area contributed by atoms with Gasteiger partial charge >= 0.3 is 0 Å². The van der Waals surface area contributed by atoms with E-state index in [4.69, 9.17) is 10.5 Å². The third-order valence-electron chi connectivity index (χ3n) is 3.61. The number of amides is 1. The number of hydrogen-bond acceptors (Lipinski definition) is 5. The Hall–Kier alpha value is -2.22. The third kappa shape index (κ3) is 3.10. The van der Waals surface area contributed by atoms with Crippen LogP contribution in [-0.2, 0) is 4.74 Å². The highest BCUT2D eigenvalue weighted by molar-refractivity contribution is 6.01. The van der Waals surface area contributed by atoms with Gasteiger partial charge in [0.15, 0.2) is 0 Å². The van der Waals surface area contributed by atoms with Crippen molar-refractivity contribution in [2.75, 3.05) is 26.0 Å². The number of benzene rings is 1. The monoisotopic (exact) mass is 297 g/mol. The Morgan fingerprint density at radius 2 is 2.10 bits per heavy atom. The smallest absolute Gasteiger partial charge is 0.295 e. The van der Waals surface area contributed by atoms with Crippen molar-refractivity contribution in [3.8, 4) is 0 Å². The summed E-state index contributed by atoms with van der Waals surface area (Å²) in [6, 6.07) is 1.59. The van der Waals surface area contributed by atoms with Crippen molar-refractivity contribution in [1.29, 1.82) is 0 Å². The van der Waals surface area contributed by atoms with E-state index in [1.807, 2.05) is 0 Å². The molecule has 1 aromatic carbocycles. The lowest BCUT2D eigenvalue weighted by atomic mass is 10.0. The number of carbonyl (C=O) groups is 1. The molecule has 114 valence electrons. The number of halogens is 1. The van der Waals surface area contributed by atoms with Gasteiger partial charge in [0.25, 0.3) is 11.6 Å². The van der Waals surface area contributed by atoms with E-state index in [1.165, 1.54) is 4.90 Å². The van der Waals surface area contributed by atoms with Crippen LogP contribution in [0.25, 0.3) is 0 Å². The van der Waals surface area contributed by atoms with Crippen LogP contribution in [0.2, 0.25) is 0 Å². The number of nitrogens with two attached hydrogens (primary N) is 1. The Labute approximate surface area is 120 Å². The number of rotatable bonds is 3. The molecular formula is C13H16FN3O4. The SMILES string of the molecule is CN(C(=O)c1cc(F)cc([N+](=O)[O-])c1N)C1CCOCC1. The molecule has 0 aromatic heterocycles. The van der Waals surface area contributed by atoms with Crippen molar-refractivity contribution in [2.45, 2.75) is 18.9 Å². The maximum Gasteiger partial charge on any atom is 0.295 e. The van der Waals surface area contributed by atoms with Crippen LogP contribution in [0.3, 0.4) is 0 Å². The van der Waals surface area contributed by atoms with Gasteiger partial charge < -0.3 is 15.4 Å². The number of nitrogen functional groups attached to an aromatic ring is 1. The Bertz CT molecular complexity index is 573. The Balaban J connectivity index is 2.32. The minimum atomic E-state index is -0.861. The summed E-state index contributed by atoms with van der Waals surface area (Å²) in [5.74, 6) is -1.39. The summed E-state index contributed by atoms with van der Waals surface area (Å²) in [4.78, 5) is 23.9. The molecule has 1 fully saturated rings. The van der Waals surface area contributed by atoms with E-state index in [0.29, 0.717) is 32.1 Å². The fourth-order valence-corrected chi connectivity index (χ4v) is 2.36. The maximum atomic E-state index is 13.5. The molecule has 0 bridgehead atoms. The van der Waals surface area contributed by atoms with Crippen LogP contribution in [0, 0.1) is 15.9 Å². The second kappa shape index (κ2) is 6.04. The zero-order valence-corrected chi connectivity index (χ0v) is 11.5. The third-order valence-corrected chi connectivity index (χ3v) is 3.61. The van der Waals surface area contributed by atoms with Crippen molar-refractivity contribution in [3.63, 3.8) is 0 Å². The van der Waals surface area contributed by atoms with Crippen molar-refractivity contribution >= 4 is 17.3 Å². The first-order valence-electron chi connectivity index (χ1n) is 6.50. The van der Waals surface area contributed by atoms with Gasteiger partial charge in [-0.15, -0.1) is 0 Å². The maximum absolute atomic E-state index is 13.5. The van der Waals surface area contributed by atoms with E-state index in [-0.39, 0.29) is 17.3 Å². The molecule has 0 saturated carbocycles. The minimum Gasteiger partial charge on any atom is -0.393 e. The van der Waals surface area contributed by atoms with Crippen molar-refractivity contribution in [1.82, 2.24) is 4.90 Å². The zero-order valence-electron chi connectivity index (χ0n) is 11.5. The van der Waals surface area contributed by atoms with Crippen LogP contribution in [0.5, 0.6) is 0 Å². The number of nitro groups is 1. The van der Waals surface area contributed by atoms with E-state index in [9.17, 15) is 19.3 Å². The largest absolute Gasteiger partial charge is 0.393 e. The molecule has 1 aliphatic rings. The van der Waals surface area contributed by atoms with E-state index < -0.39 is 22.3 Å². The summed E-state index contributed by atoms with van der Waals surface area (Å²) in [7, 11) is 1.58. The van der Waals surface area contributed by atoms with Gasteiger partial charge in [0.05, 0.1) is 16.6 Å². The van der Waals surface area contributed by atoms with E-state index in [2.05, 4.69) is 0 Å². The van der Waals surface area contributed by atoms with Gasteiger partial charge in [-0.3, -0.25) is 14.9 Å². The molecule has 1 amide bonds. The summed E-state index contributed by atoms with van der Waals surface area (Å²) < 4.78 is 18.7. The first kappa shape index (κ1) is 15.2. The summed E-state index contributed by atoms with van der Waals surface area (Å²) in [5, 5.41) is 10.8. The van der Waals surface area contributed by atoms with Gasteiger partial charge in [-0.25, -0.2) is 4.39 Å². The molecule has 2 rings (SSSR count). The van der Waals surface area contributed by atoms with Crippen LogP contribution in [0.15, 0.2) is 12.1 Å². The number of hydrogen-bond donors (Lipinski definition) is 1. The molecule has 1 aliphatic heterocycles. The van der Waals surface area contributed by atoms with Gasteiger partial charge in [-0.05, 0) is 18.9 Å². The highest BCUT2D eigenvalue weighted by atomic mass is 19.1. The van der Waals surface area contributed by atoms with Gasteiger partial charge in [0.1, 0.15) is 11.5 Å². The lowest BCUT2D eigenvalue weighted by Crippen LogP contribution is -2.41. The van der Waals surface area contributed by atoms with Crippen molar-refractivity contribution < 1.29 is 18.8 Å². The number of anilines is 1. The Morgan fingerprint density at radius 3 is 2.67 bits per heavy atom. The molecule has 8 heteroatoms. The predicted octanol–water partition coefficient (Wildman–Crippen LogP) is 1.57. The number of nitro benzene ring substituents is 1. The predicted molar refractivity (Wildman–Crippen MR) is 73.4 cm³/mol. The molecule has 1 saturated heterocycles. The highest BCUT2D eigenvalue weighted by Crippen LogP contribution is 2.28. The molecule has 0 radical (unpaired) electrons. The highest BCUT2D eigenvalue weighted by Gasteiger charge is 2.28. The van der Waals surface area contributed by atoms with Crippen LogP contribution in [-0.4, -0.2) is 42.0 Å². The van der Waals surface area contributed by atoms with Gasteiger partial charge in [-0.1, -0.05) is 0 Å². The average Bonchev–Trinajstić information content (AvgIpc) is 2.48. The minimum absolute atomic E-state index is 0.0482. The van der Waals surface area contributed by atoms with Crippen LogP contribution < -0.4 is 5.73 Å². The molecule has 1 aromatic rings. The zero-order chi connectivity index (χ0) is 15.6. The lowest BCUT2D eigenvalue weighted by molar-refractivity contribution is -0.384. The number of ether oxygens (including phenoxy) is 1. The van der Waals surface area contributed by atoms with E-state index >= 15 is 0 Å².